The molecule has 0 atom stereocenters. The zero-order valence-electron chi connectivity index (χ0n) is 11.4. The van der Waals surface area contributed by atoms with Gasteiger partial charge in [-0.25, -0.2) is 4.98 Å². The van der Waals surface area contributed by atoms with Crippen molar-refractivity contribution in [3.63, 3.8) is 0 Å². The molecule has 0 aliphatic rings. The largest absolute Gasteiger partial charge is 0.438 e. The molecule has 4 nitrogen and oxygen atoms in total. The van der Waals surface area contributed by atoms with Gasteiger partial charge in [0, 0.05) is 28.5 Å². The summed E-state index contributed by atoms with van der Waals surface area (Å²) in [7, 11) is 0. The topological polar surface area (TPSA) is 52.1 Å². The second-order valence-corrected chi connectivity index (χ2v) is 4.94. The van der Waals surface area contributed by atoms with Gasteiger partial charge in [-0.2, -0.15) is 0 Å². The number of halogens is 1. The third-order valence-corrected chi connectivity index (χ3v) is 3.24. The van der Waals surface area contributed by atoms with E-state index in [2.05, 4.69) is 9.97 Å². The van der Waals surface area contributed by atoms with E-state index in [0.717, 1.165) is 0 Å². The van der Waals surface area contributed by atoms with E-state index in [0.29, 0.717) is 27.8 Å². The maximum atomic E-state index is 12.3. The SMILES string of the molecule is O=C(c1ccc(Cl)cc1)c1ccc(Oc2cnccn2)cc1. The molecule has 5 heteroatoms. The maximum absolute atomic E-state index is 12.3. The lowest BCUT2D eigenvalue weighted by molar-refractivity contribution is 0.103. The third-order valence-electron chi connectivity index (χ3n) is 2.98. The summed E-state index contributed by atoms with van der Waals surface area (Å²) >= 11 is 5.82. The van der Waals surface area contributed by atoms with E-state index in [4.69, 9.17) is 16.3 Å². The van der Waals surface area contributed by atoms with Gasteiger partial charge < -0.3 is 4.74 Å². The zero-order valence-corrected chi connectivity index (χ0v) is 12.2. The summed E-state index contributed by atoms with van der Waals surface area (Å²) in [6, 6.07) is 13.7. The van der Waals surface area contributed by atoms with Crippen molar-refractivity contribution in [2.45, 2.75) is 0 Å². The Hall–Kier alpha value is -2.72. The van der Waals surface area contributed by atoms with Gasteiger partial charge >= 0.3 is 0 Å². The highest BCUT2D eigenvalue weighted by Crippen LogP contribution is 2.20. The standard InChI is InChI=1S/C17H11ClN2O2/c18-14-5-1-12(2-6-14)17(21)13-3-7-15(8-4-13)22-16-11-19-9-10-20-16/h1-11H. The molecule has 0 unspecified atom stereocenters. The lowest BCUT2D eigenvalue weighted by Crippen LogP contribution is -2.00. The molecule has 1 aromatic heterocycles. The highest BCUT2D eigenvalue weighted by molar-refractivity contribution is 6.30. The number of aromatic nitrogens is 2. The van der Waals surface area contributed by atoms with Crippen LogP contribution >= 0.6 is 11.6 Å². The van der Waals surface area contributed by atoms with Gasteiger partial charge in [0.1, 0.15) is 5.75 Å². The van der Waals surface area contributed by atoms with Crippen molar-refractivity contribution in [2.24, 2.45) is 0 Å². The molecular formula is C17H11ClN2O2. The summed E-state index contributed by atoms with van der Waals surface area (Å²) in [5.41, 5.74) is 1.17. The number of ether oxygens (including phenoxy) is 1. The van der Waals surface area contributed by atoms with Crippen LogP contribution in [-0.4, -0.2) is 15.8 Å². The van der Waals surface area contributed by atoms with Crippen molar-refractivity contribution < 1.29 is 9.53 Å². The Labute approximate surface area is 132 Å². The van der Waals surface area contributed by atoms with Crippen molar-refractivity contribution in [1.82, 2.24) is 9.97 Å². The number of hydrogen-bond acceptors (Lipinski definition) is 4. The summed E-state index contributed by atoms with van der Waals surface area (Å²) in [5.74, 6) is 0.926. The minimum atomic E-state index is -0.0669. The summed E-state index contributed by atoms with van der Waals surface area (Å²) in [4.78, 5) is 20.3. The molecule has 3 rings (SSSR count). The smallest absolute Gasteiger partial charge is 0.237 e. The summed E-state index contributed by atoms with van der Waals surface area (Å²) in [5, 5.41) is 0.601. The van der Waals surface area contributed by atoms with E-state index >= 15 is 0 Å². The van der Waals surface area contributed by atoms with Crippen molar-refractivity contribution in [1.29, 1.82) is 0 Å². The number of ketones is 1. The van der Waals surface area contributed by atoms with E-state index < -0.39 is 0 Å². The first-order chi connectivity index (χ1) is 10.7. The van der Waals surface area contributed by atoms with Crippen molar-refractivity contribution in [3.05, 3.63) is 83.3 Å². The van der Waals surface area contributed by atoms with Crippen LogP contribution in [0.3, 0.4) is 0 Å². The van der Waals surface area contributed by atoms with Gasteiger partial charge in [-0.3, -0.25) is 9.78 Å². The molecule has 0 spiro atoms. The summed E-state index contributed by atoms with van der Waals surface area (Å²) in [6.07, 6.45) is 4.64. The predicted octanol–water partition coefficient (Wildman–Crippen LogP) is 4.15. The van der Waals surface area contributed by atoms with Gasteiger partial charge in [0.2, 0.25) is 5.88 Å². The van der Waals surface area contributed by atoms with Gasteiger partial charge in [0.05, 0.1) is 6.20 Å². The minimum Gasteiger partial charge on any atom is -0.438 e. The normalized spacial score (nSPS) is 10.2. The number of hydrogen-bond donors (Lipinski definition) is 0. The fraction of sp³-hybridized carbons (Fsp3) is 0. The average molecular weight is 311 g/mol. The molecule has 0 amide bonds. The number of carbonyl (C=O) groups excluding carboxylic acids is 1. The van der Waals surface area contributed by atoms with E-state index in [1.165, 1.54) is 6.20 Å². The van der Waals surface area contributed by atoms with Gasteiger partial charge in [-0.05, 0) is 48.5 Å². The molecule has 0 radical (unpaired) electrons. The highest BCUT2D eigenvalue weighted by atomic mass is 35.5. The predicted molar refractivity (Wildman–Crippen MR) is 83.4 cm³/mol. The fourth-order valence-corrected chi connectivity index (χ4v) is 2.03. The van der Waals surface area contributed by atoms with Gasteiger partial charge in [0.25, 0.3) is 0 Å². The lowest BCUT2D eigenvalue weighted by Gasteiger charge is -2.05. The van der Waals surface area contributed by atoms with Crippen LogP contribution in [0.25, 0.3) is 0 Å². The third kappa shape index (κ3) is 3.30. The molecule has 1 heterocycles. The molecule has 0 bridgehead atoms. The molecule has 0 aliphatic carbocycles. The molecule has 3 aromatic rings. The zero-order chi connectivity index (χ0) is 15.4. The Balaban J connectivity index is 1.76. The monoisotopic (exact) mass is 310 g/mol. The summed E-state index contributed by atoms with van der Waals surface area (Å²) < 4.78 is 5.53. The maximum Gasteiger partial charge on any atom is 0.237 e. The first-order valence-corrected chi connectivity index (χ1v) is 6.94. The van der Waals surface area contributed by atoms with Gasteiger partial charge in [-0.1, -0.05) is 11.6 Å². The highest BCUT2D eigenvalue weighted by Gasteiger charge is 2.09. The van der Waals surface area contributed by atoms with Crippen LogP contribution in [-0.2, 0) is 0 Å². The van der Waals surface area contributed by atoms with E-state index in [1.54, 1.807) is 60.9 Å². The van der Waals surface area contributed by atoms with Crippen LogP contribution in [0, 0.1) is 0 Å². The quantitative estimate of drug-likeness (QED) is 0.679. The number of benzene rings is 2. The van der Waals surface area contributed by atoms with Gasteiger partial charge in [0.15, 0.2) is 5.78 Å². The Morgan fingerprint density at radius 1 is 0.909 bits per heavy atom. The molecule has 0 saturated heterocycles. The van der Waals surface area contributed by atoms with Crippen LogP contribution in [0.2, 0.25) is 5.02 Å². The molecular weight excluding hydrogens is 300 g/mol. The van der Waals surface area contributed by atoms with E-state index in [1.807, 2.05) is 0 Å². The Bertz CT molecular complexity index is 772. The molecule has 2 aromatic carbocycles. The molecule has 0 saturated carbocycles. The fourth-order valence-electron chi connectivity index (χ4n) is 1.90. The Kier molecular flexibility index (Phi) is 4.12. The van der Waals surface area contributed by atoms with Crippen LogP contribution in [0.5, 0.6) is 11.6 Å². The van der Waals surface area contributed by atoms with Crippen molar-refractivity contribution in [3.8, 4) is 11.6 Å². The number of rotatable bonds is 4. The van der Waals surface area contributed by atoms with Crippen LogP contribution < -0.4 is 4.74 Å². The molecule has 0 N–H and O–H groups in total. The first kappa shape index (κ1) is 14.2. The Morgan fingerprint density at radius 3 is 2.14 bits per heavy atom. The van der Waals surface area contributed by atoms with Crippen molar-refractivity contribution >= 4 is 17.4 Å². The van der Waals surface area contributed by atoms with Crippen LogP contribution in [0.1, 0.15) is 15.9 Å². The summed E-state index contributed by atoms with van der Waals surface area (Å²) in [6.45, 7) is 0. The molecule has 108 valence electrons. The molecule has 0 fully saturated rings. The second kappa shape index (κ2) is 6.37. The average Bonchev–Trinajstić information content (AvgIpc) is 2.57. The van der Waals surface area contributed by atoms with Crippen LogP contribution in [0.4, 0.5) is 0 Å². The Morgan fingerprint density at radius 2 is 1.55 bits per heavy atom. The minimum absolute atomic E-state index is 0.0669. The van der Waals surface area contributed by atoms with E-state index in [-0.39, 0.29) is 5.78 Å². The van der Waals surface area contributed by atoms with E-state index in [9.17, 15) is 4.79 Å². The van der Waals surface area contributed by atoms with Crippen molar-refractivity contribution in [2.75, 3.05) is 0 Å². The van der Waals surface area contributed by atoms with Crippen LogP contribution in [0.15, 0.2) is 67.1 Å². The first-order valence-electron chi connectivity index (χ1n) is 6.56. The lowest BCUT2D eigenvalue weighted by atomic mass is 10.0. The molecule has 22 heavy (non-hydrogen) atoms. The number of nitrogens with zero attached hydrogens (tertiary/aromatic N) is 2. The number of carbonyl (C=O) groups is 1. The second-order valence-electron chi connectivity index (χ2n) is 4.51. The van der Waals surface area contributed by atoms with Gasteiger partial charge in [-0.15, -0.1) is 0 Å². The molecule has 0 aliphatic heterocycles.